The van der Waals surface area contributed by atoms with Crippen molar-refractivity contribution in [1.82, 2.24) is 15.0 Å². The van der Waals surface area contributed by atoms with Crippen LogP contribution in [0.4, 0.5) is 14.6 Å². The Balaban J connectivity index is 1.53. The SMILES string of the molecule is COCOc1cc(-c2ncc3c(N4CCC[C@@](C)(O)C4)nc(OCC4(CO[Si](C)(C)C(C)(C)C)CC4)nc3c2F)c2c(C#C[Si](C(C)C)(C(C)C)C(C)C)c(F)ccc2c1. The lowest BCUT2D eigenvalue weighted by Crippen LogP contribution is -2.46. The molecule has 6 rings (SSSR count). The molecule has 1 N–H and O–H groups in total. The molecule has 0 bridgehead atoms. The van der Waals surface area contributed by atoms with Crippen LogP contribution in [0.5, 0.6) is 11.8 Å². The first-order valence-electron chi connectivity index (χ1n) is 21.6. The van der Waals surface area contributed by atoms with E-state index in [0.717, 1.165) is 19.3 Å². The van der Waals surface area contributed by atoms with Gasteiger partial charge in [0, 0.05) is 49.4 Å². The summed E-state index contributed by atoms with van der Waals surface area (Å²) < 4.78 is 58.1. The van der Waals surface area contributed by atoms with E-state index in [4.69, 9.17) is 33.6 Å². The second kappa shape index (κ2) is 17.2. The number of halogens is 2. The number of fused-ring (bicyclic) bond motifs is 2. The van der Waals surface area contributed by atoms with E-state index in [-0.39, 0.29) is 40.0 Å². The minimum atomic E-state index is -2.29. The zero-order chi connectivity index (χ0) is 44.0. The third-order valence-corrected chi connectivity index (χ3v) is 24.3. The Labute approximate surface area is 358 Å². The molecule has 9 nitrogen and oxygen atoms in total. The van der Waals surface area contributed by atoms with E-state index < -0.39 is 33.6 Å². The molecule has 0 unspecified atom stereocenters. The molecule has 4 aromatic rings. The lowest BCUT2D eigenvalue weighted by atomic mass is 9.94. The van der Waals surface area contributed by atoms with Crippen molar-refractivity contribution in [2.75, 3.05) is 45.1 Å². The number of aromatic nitrogens is 3. The molecule has 2 fully saturated rings. The number of hydrogen-bond donors (Lipinski definition) is 1. The third-order valence-electron chi connectivity index (χ3n) is 13.5. The predicted octanol–water partition coefficient (Wildman–Crippen LogP) is 11.2. The first-order chi connectivity index (χ1) is 28.0. The largest absolute Gasteiger partial charge is 0.468 e. The standard InChI is InChI=1S/C47H66F2N4O5Si2/c1-30(2)60(31(3)4,32(5)6)22-17-35-38(48)16-15-33-23-34(57-29-55-11)24-36(39(33)35)41-40(49)42-37(25-50-41)43(53-21-14-18-46(10,54)26-53)52-44(51-42)56-27-47(19-20-47)28-58-59(12,13)45(7,8)9/h15-16,23-25,30-32,54H,14,18-21,26-29H2,1-13H3/t46-/m1/s1. The van der Waals surface area contributed by atoms with Crippen LogP contribution in [0, 0.1) is 28.5 Å². The average Bonchev–Trinajstić information content (AvgIpc) is 3.95. The molecular weight excluding hydrogens is 795 g/mol. The second-order valence-corrected chi connectivity index (χ2v) is 30.5. The van der Waals surface area contributed by atoms with E-state index in [1.807, 2.05) is 4.90 Å². The second-order valence-electron chi connectivity index (χ2n) is 20.1. The van der Waals surface area contributed by atoms with E-state index in [9.17, 15) is 5.11 Å². The summed E-state index contributed by atoms with van der Waals surface area (Å²) in [4.78, 5) is 16.3. The lowest BCUT2D eigenvalue weighted by molar-refractivity contribution is 0.0447. The molecule has 0 spiro atoms. The number of pyridine rings is 1. The van der Waals surface area contributed by atoms with Crippen LogP contribution >= 0.6 is 0 Å². The molecule has 3 heterocycles. The van der Waals surface area contributed by atoms with E-state index in [1.54, 1.807) is 31.3 Å². The van der Waals surface area contributed by atoms with Crippen LogP contribution in [-0.4, -0.2) is 82.3 Å². The molecule has 60 heavy (non-hydrogen) atoms. The number of piperidine rings is 1. The van der Waals surface area contributed by atoms with E-state index in [2.05, 4.69) is 86.9 Å². The maximum Gasteiger partial charge on any atom is 0.319 e. The predicted molar refractivity (Wildman–Crippen MR) is 243 cm³/mol. The van der Waals surface area contributed by atoms with Gasteiger partial charge in [-0.25, -0.2) is 8.78 Å². The number of nitrogens with zero attached hydrogens (tertiary/aromatic N) is 4. The maximum absolute atomic E-state index is 17.6. The van der Waals surface area contributed by atoms with Crippen molar-refractivity contribution < 1.29 is 32.5 Å². The van der Waals surface area contributed by atoms with Crippen LogP contribution in [0.3, 0.4) is 0 Å². The molecule has 1 saturated carbocycles. The highest BCUT2D eigenvalue weighted by molar-refractivity contribution is 6.90. The summed E-state index contributed by atoms with van der Waals surface area (Å²) in [5.41, 5.74) is 4.00. The monoisotopic (exact) mass is 860 g/mol. The molecule has 1 saturated heterocycles. The number of β-amino-alcohol motifs (C(OH)–C–C–N with tert-alkyl or cyclic N) is 1. The molecule has 1 atom stereocenters. The highest BCUT2D eigenvalue weighted by atomic mass is 28.4. The topological polar surface area (TPSA) is 99.1 Å². The van der Waals surface area contributed by atoms with Gasteiger partial charge in [-0.15, -0.1) is 5.54 Å². The number of methoxy groups -OCH3 is 1. The Morgan fingerprint density at radius 3 is 2.23 bits per heavy atom. The third kappa shape index (κ3) is 9.24. The Bertz CT molecular complexity index is 2260. The molecule has 2 aromatic heterocycles. The Kier molecular flexibility index (Phi) is 13.2. The summed E-state index contributed by atoms with van der Waals surface area (Å²) in [6, 6.07) is 6.56. The van der Waals surface area contributed by atoms with E-state index in [1.165, 1.54) is 13.2 Å². The van der Waals surface area contributed by atoms with Crippen LogP contribution < -0.4 is 14.4 Å². The van der Waals surface area contributed by atoms with Gasteiger partial charge in [0.2, 0.25) is 0 Å². The molecule has 0 radical (unpaired) electrons. The molecule has 2 aliphatic rings. The Morgan fingerprint density at radius 2 is 1.63 bits per heavy atom. The smallest absolute Gasteiger partial charge is 0.319 e. The van der Waals surface area contributed by atoms with Gasteiger partial charge in [-0.2, -0.15) is 9.97 Å². The first-order valence-corrected chi connectivity index (χ1v) is 26.7. The van der Waals surface area contributed by atoms with Crippen molar-refractivity contribution in [2.45, 2.75) is 135 Å². The van der Waals surface area contributed by atoms with Crippen molar-refractivity contribution >= 4 is 43.9 Å². The van der Waals surface area contributed by atoms with Gasteiger partial charge < -0.3 is 28.6 Å². The van der Waals surface area contributed by atoms with Crippen LogP contribution in [-0.2, 0) is 9.16 Å². The summed E-state index contributed by atoms with van der Waals surface area (Å²) in [6.45, 7) is 28.0. The van der Waals surface area contributed by atoms with Gasteiger partial charge in [-0.05, 0) is 90.9 Å². The van der Waals surface area contributed by atoms with Gasteiger partial charge in [0.25, 0.3) is 0 Å². The molecule has 326 valence electrons. The lowest BCUT2D eigenvalue weighted by Gasteiger charge is -2.38. The van der Waals surface area contributed by atoms with Gasteiger partial charge >= 0.3 is 6.01 Å². The van der Waals surface area contributed by atoms with Crippen molar-refractivity contribution in [3.8, 4) is 34.5 Å². The fourth-order valence-electron chi connectivity index (χ4n) is 8.73. The van der Waals surface area contributed by atoms with Gasteiger partial charge in [-0.1, -0.05) is 74.3 Å². The van der Waals surface area contributed by atoms with Crippen molar-refractivity contribution in [3.63, 3.8) is 0 Å². The fraction of sp³-hybridized carbons (Fsp3) is 0.596. The summed E-state index contributed by atoms with van der Waals surface area (Å²) in [7, 11) is -2.77. The van der Waals surface area contributed by atoms with E-state index >= 15 is 8.78 Å². The molecule has 1 aliphatic carbocycles. The van der Waals surface area contributed by atoms with Crippen LogP contribution in [0.1, 0.15) is 100 Å². The van der Waals surface area contributed by atoms with Crippen LogP contribution in [0.2, 0.25) is 34.8 Å². The van der Waals surface area contributed by atoms with Gasteiger partial charge in [0.1, 0.15) is 36.7 Å². The van der Waals surface area contributed by atoms with Crippen LogP contribution in [0.15, 0.2) is 30.5 Å². The van der Waals surface area contributed by atoms with Crippen LogP contribution in [0.25, 0.3) is 32.9 Å². The fourth-order valence-corrected chi connectivity index (χ4v) is 15.0. The normalized spacial score (nSPS) is 18.4. The number of benzene rings is 2. The highest BCUT2D eigenvalue weighted by Crippen LogP contribution is 2.49. The number of anilines is 1. The van der Waals surface area contributed by atoms with E-state index in [0.29, 0.717) is 82.6 Å². The minimum absolute atomic E-state index is 0.0128. The van der Waals surface area contributed by atoms with Crippen molar-refractivity contribution in [2.24, 2.45) is 5.41 Å². The molecule has 13 heteroatoms. The Morgan fingerprint density at radius 1 is 0.950 bits per heavy atom. The molecule has 1 aliphatic heterocycles. The van der Waals surface area contributed by atoms with Gasteiger partial charge in [0.15, 0.2) is 20.9 Å². The zero-order valence-corrected chi connectivity index (χ0v) is 40.1. The summed E-state index contributed by atoms with van der Waals surface area (Å²) in [5.74, 6) is 2.97. The number of ether oxygens (including phenoxy) is 3. The molecule has 0 amide bonds. The summed E-state index contributed by atoms with van der Waals surface area (Å²) >= 11 is 0. The van der Waals surface area contributed by atoms with Gasteiger partial charge in [-0.3, -0.25) is 4.98 Å². The molecular formula is C47H66F2N4O5Si2. The summed E-state index contributed by atoms with van der Waals surface area (Å²) in [6.07, 6.45) is 4.82. The number of aliphatic hydroxyl groups is 1. The Hall–Kier alpha value is -3.68. The maximum atomic E-state index is 17.6. The zero-order valence-electron chi connectivity index (χ0n) is 38.1. The first kappa shape index (κ1) is 45.8. The quantitative estimate of drug-likeness (QED) is 0.0755. The molecule has 2 aromatic carbocycles. The minimum Gasteiger partial charge on any atom is -0.468 e. The highest BCUT2D eigenvalue weighted by Gasteiger charge is 2.47. The van der Waals surface area contributed by atoms with Gasteiger partial charge in [0.05, 0.1) is 23.2 Å². The van der Waals surface area contributed by atoms with Crippen molar-refractivity contribution in [3.05, 3.63) is 47.7 Å². The number of hydrogen-bond acceptors (Lipinski definition) is 9. The average molecular weight is 861 g/mol. The summed E-state index contributed by atoms with van der Waals surface area (Å²) in [5, 5.41) is 12.6. The number of rotatable bonds is 14. The van der Waals surface area contributed by atoms with Crippen molar-refractivity contribution in [1.29, 1.82) is 0 Å².